The highest BCUT2D eigenvalue weighted by molar-refractivity contribution is 9.10. The van der Waals surface area contributed by atoms with E-state index in [1.807, 2.05) is 50.2 Å². The molecule has 0 fully saturated rings. The monoisotopic (exact) mass is 418 g/mol. The minimum absolute atomic E-state index is 0.136. The van der Waals surface area contributed by atoms with Gasteiger partial charge >= 0.3 is 0 Å². The van der Waals surface area contributed by atoms with Gasteiger partial charge in [-0.25, -0.2) is 0 Å². The summed E-state index contributed by atoms with van der Waals surface area (Å²) in [5, 5.41) is 5.76. The predicted octanol–water partition coefficient (Wildman–Crippen LogP) is 4.28. The van der Waals surface area contributed by atoms with Gasteiger partial charge in [0.25, 0.3) is 0 Å². The van der Waals surface area contributed by atoms with Crippen LogP contribution in [0.3, 0.4) is 0 Å². The van der Waals surface area contributed by atoms with Crippen LogP contribution in [0.25, 0.3) is 0 Å². The molecule has 2 N–H and O–H groups in total. The molecule has 5 nitrogen and oxygen atoms in total. The summed E-state index contributed by atoms with van der Waals surface area (Å²) in [6, 6.07) is 10.9. The van der Waals surface area contributed by atoms with Crippen LogP contribution in [0, 0.1) is 13.8 Å². The quantitative estimate of drug-likeness (QED) is 0.735. The first kappa shape index (κ1) is 20.0. The molecule has 0 aliphatic heterocycles. The van der Waals surface area contributed by atoms with Crippen LogP contribution in [0.4, 0.5) is 5.69 Å². The van der Waals surface area contributed by atoms with Gasteiger partial charge in [-0.15, -0.1) is 0 Å². The molecule has 0 radical (unpaired) electrons. The molecule has 0 bridgehead atoms. The predicted molar refractivity (Wildman–Crippen MR) is 106 cm³/mol. The minimum Gasteiger partial charge on any atom is -0.496 e. The van der Waals surface area contributed by atoms with E-state index in [2.05, 4.69) is 26.6 Å². The van der Waals surface area contributed by atoms with Crippen LogP contribution in [0.15, 0.2) is 40.9 Å². The fourth-order valence-corrected chi connectivity index (χ4v) is 3.12. The van der Waals surface area contributed by atoms with E-state index >= 15 is 0 Å². The summed E-state index contributed by atoms with van der Waals surface area (Å²) in [6.45, 7) is 5.30. The smallest absolute Gasteiger partial charge is 0.226 e. The first-order valence-electron chi connectivity index (χ1n) is 8.28. The largest absolute Gasteiger partial charge is 0.496 e. The van der Waals surface area contributed by atoms with Crippen LogP contribution >= 0.6 is 15.9 Å². The van der Waals surface area contributed by atoms with Crippen LogP contribution in [-0.2, 0) is 9.59 Å². The number of rotatable bonds is 6. The maximum Gasteiger partial charge on any atom is 0.226 e. The lowest BCUT2D eigenvalue weighted by molar-refractivity contribution is -0.120. The lowest BCUT2D eigenvalue weighted by Gasteiger charge is -2.19. The second-order valence-corrected chi connectivity index (χ2v) is 7.06. The molecule has 2 aromatic rings. The summed E-state index contributed by atoms with van der Waals surface area (Å²) in [4.78, 5) is 24.1. The molecule has 6 heteroatoms. The molecule has 2 amide bonds. The van der Waals surface area contributed by atoms with Crippen molar-refractivity contribution in [3.8, 4) is 5.75 Å². The third kappa shape index (κ3) is 5.08. The minimum atomic E-state index is -0.395. The highest BCUT2D eigenvalue weighted by atomic mass is 79.9. The second kappa shape index (κ2) is 8.85. The van der Waals surface area contributed by atoms with Crippen molar-refractivity contribution >= 4 is 33.4 Å². The topological polar surface area (TPSA) is 67.4 Å². The van der Waals surface area contributed by atoms with Crippen molar-refractivity contribution in [2.45, 2.75) is 33.2 Å². The van der Waals surface area contributed by atoms with E-state index in [4.69, 9.17) is 4.74 Å². The Morgan fingerprint density at radius 3 is 2.35 bits per heavy atom. The number of carbonyl (C=O) groups excluding carboxylic acids is 2. The van der Waals surface area contributed by atoms with E-state index in [0.717, 1.165) is 26.9 Å². The van der Waals surface area contributed by atoms with E-state index < -0.39 is 6.04 Å². The lowest BCUT2D eigenvalue weighted by atomic mass is 10.0. The van der Waals surface area contributed by atoms with Crippen LogP contribution < -0.4 is 15.4 Å². The first-order chi connectivity index (χ1) is 12.3. The van der Waals surface area contributed by atoms with E-state index in [1.165, 1.54) is 6.92 Å². The molecule has 0 heterocycles. The number of anilines is 1. The summed E-state index contributed by atoms with van der Waals surface area (Å²) in [5.74, 6) is 0.397. The summed E-state index contributed by atoms with van der Waals surface area (Å²) >= 11 is 3.39. The van der Waals surface area contributed by atoms with Crippen molar-refractivity contribution < 1.29 is 14.3 Å². The van der Waals surface area contributed by atoms with Crippen LogP contribution in [0.2, 0.25) is 0 Å². The highest BCUT2D eigenvalue weighted by Crippen LogP contribution is 2.29. The van der Waals surface area contributed by atoms with Crippen molar-refractivity contribution in [3.63, 3.8) is 0 Å². The summed E-state index contributed by atoms with van der Waals surface area (Å²) in [5.41, 5.74) is 3.46. The third-order valence-corrected chi connectivity index (χ3v) is 4.65. The number of nitrogens with one attached hydrogen (secondary N) is 2. The number of benzene rings is 2. The van der Waals surface area contributed by atoms with E-state index in [0.29, 0.717) is 5.69 Å². The fourth-order valence-electron chi connectivity index (χ4n) is 2.86. The number of aryl methyl sites for hydroxylation is 1. The number of hydrogen-bond acceptors (Lipinski definition) is 3. The van der Waals surface area contributed by atoms with Crippen molar-refractivity contribution in [1.82, 2.24) is 5.32 Å². The molecule has 138 valence electrons. The average Bonchev–Trinajstić information content (AvgIpc) is 2.57. The Morgan fingerprint density at radius 2 is 1.77 bits per heavy atom. The van der Waals surface area contributed by atoms with Gasteiger partial charge in [0.15, 0.2) is 0 Å². The molecule has 0 aliphatic rings. The van der Waals surface area contributed by atoms with Gasteiger partial charge in [0.1, 0.15) is 5.75 Å². The zero-order chi connectivity index (χ0) is 19.3. The second-order valence-electron chi connectivity index (χ2n) is 6.15. The van der Waals surface area contributed by atoms with Crippen molar-refractivity contribution in [3.05, 3.63) is 57.6 Å². The molecule has 0 aliphatic carbocycles. The van der Waals surface area contributed by atoms with Crippen molar-refractivity contribution in [1.29, 1.82) is 0 Å². The Hall–Kier alpha value is -2.34. The Bertz CT molecular complexity index is 803. The van der Waals surface area contributed by atoms with Gasteiger partial charge in [0.2, 0.25) is 11.8 Å². The molecular weight excluding hydrogens is 396 g/mol. The third-order valence-electron chi connectivity index (χ3n) is 4.12. The molecule has 26 heavy (non-hydrogen) atoms. The van der Waals surface area contributed by atoms with Crippen molar-refractivity contribution in [2.24, 2.45) is 0 Å². The Labute approximate surface area is 162 Å². The van der Waals surface area contributed by atoms with Crippen LogP contribution in [0.5, 0.6) is 5.75 Å². The molecule has 1 atom stereocenters. The number of amides is 2. The molecule has 2 aromatic carbocycles. The first-order valence-corrected chi connectivity index (χ1v) is 9.07. The summed E-state index contributed by atoms with van der Waals surface area (Å²) < 4.78 is 6.34. The number of hydrogen-bond donors (Lipinski definition) is 2. The maximum absolute atomic E-state index is 12.6. The lowest BCUT2D eigenvalue weighted by Crippen LogP contribution is -2.29. The Balaban J connectivity index is 2.17. The van der Waals surface area contributed by atoms with Gasteiger partial charge in [-0.05, 0) is 43.2 Å². The van der Waals surface area contributed by atoms with Gasteiger partial charge in [-0.3, -0.25) is 9.59 Å². The van der Waals surface area contributed by atoms with E-state index in [-0.39, 0.29) is 18.2 Å². The molecule has 0 spiro atoms. The highest BCUT2D eigenvalue weighted by Gasteiger charge is 2.18. The van der Waals surface area contributed by atoms with E-state index in [1.54, 1.807) is 7.11 Å². The molecule has 2 rings (SSSR count). The Kier molecular flexibility index (Phi) is 6.80. The zero-order valence-electron chi connectivity index (χ0n) is 15.4. The summed E-state index contributed by atoms with van der Waals surface area (Å²) in [7, 11) is 1.61. The molecule has 0 saturated heterocycles. The van der Waals surface area contributed by atoms with E-state index in [9.17, 15) is 9.59 Å². The van der Waals surface area contributed by atoms with Gasteiger partial charge < -0.3 is 15.4 Å². The van der Waals surface area contributed by atoms with Gasteiger partial charge in [0, 0.05) is 22.6 Å². The number of halogens is 1. The van der Waals surface area contributed by atoms with Crippen LogP contribution in [-0.4, -0.2) is 18.9 Å². The average molecular weight is 419 g/mol. The standard InChI is InChI=1S/C20H23BrN2O3/c1-12-5-10-17(13(2)20(12)26-4)23-19(25)11-18(22-14(3)24)15-6-8-16(21)9-7-15/h5-10,18H,11H2,1-4H3,(H,22,24)(H,23,25). The molecular formula is C20H23BrN2O3. The maximum atomic E-state index is 12.6. The Morgan fingerprint density at radius 1 is 1.12 bits per heavy atom. The molecule has 0 aromatic heterocycles. The number of ether oxygens (including phenoxy) is 1. The summed E-state index contributed by atoms with van der Waals surface area (Å²) in [6.07, 6.45) is 0.136. The van der Waals surface area contributed by atoms with Crippen molar-refractivity contribution in [2.75, 3.05) is 12.4 Å². The van der Waals surface area contributed by atoms with Gasteiger partial charge in [-0.1, -0.05) is 34.1 Å². The van der Waals surface area contributed by atoms with Gasteiger partial charge in [0.05, 0.1) is 19.6 Å². The fraction of sp³-hybridized carbons (Fsp3) is 0.300. The van der Waals surface area contributed by atoms with Gasteiger partial charge in [-0.2, -0.15) is 0 Å². The van der Waals surface area contributed by atoms with Crippen LogP contribution in [0.1, 0.15) is 36.1 Å². The SMILES string of the molecule is COc1c(C)ccc(NC(=O)CC(NC(C)=O)c2ccc(Br)cc2)c1C. The number of carbonyl (C=O) groups is 2. The molecule has 0 saturated carbocycles. The number of methoxy groups -OCH3 is 1. The zero-order valence-corrected chi connectivity index (χ0v) is 16.9. The molecule has 1 unspecified atom stereocenters. The normalized spacial score (nSPS) is 11.6.